The van der Waals surface area contributed by atoms with Crippen molar-refractivity contribution in [3.63, 3.8) is 0 Å². The van der Waals surface area contributed by atoms with E-state index >= 15 is 0 Å². The smallest absolute Gasteiger partial charge is 0.323 e. The Morgan fingerprint density at radius 2 is 2.00 bits per heavy atom. The fraction of sp³-hybridized carbons (Fsp3) is 0.923. The molecular formula is C13H25NO2. The summed E-state index contributed by atoms with van der Waals surface area (Å²) in [5, 5.41) is 0. The van der Waals surface area contributed by atoms with Crippen molar-refractivity contribution < 1.29 is 9.53 Å². The molecule has 0 bridgehead atoms. The summed E-state index contributed by atoms with van der Waals surface area (Å²) in [6.07, 6.45) is 3.66. The number of nitrogens with zero attached hydrogens (tertiary/aromatic N) is 1. The van der Waals surface area contributed by atoms with Crippen LogP contribution < -0.4 is 0 Å². The van der Waals surface area contributed by atoms with Crippen LogP contribution in [0.1, 0.15) is 53.9 Å². The lowest BCUT2D eigenvalue weighted by molar-refractivity contribution is -0.162. The van der Waals surface area contributed by atoms with Crippen molar-refractivity contribution in [2.24, 2.45) is 0 Å². The molecule has 1 saturated heterocycles. The second-order valence-electron chi connectivity index (χ2n) is 5.79. The van der Waals surface area contributed by atoms with Gasteiger partial charge in [0, 0.05) is 6.04 Å². The van der Waals surface area contributed by atoms with Gasteiger partial charge in [0.15, 0.2) is 0 Å². The Morgan fingerprint density at radius 1 is 1.38 bits per heavy atom. The van der Waals surface area contributed by atoms with E-state index in [4.69, 9.17) is 4.74 Å². The first-order chi connectivity index (χ1) is 7.31. The molecule has 1 rings (SSSR count). The second-order valence-corrected chi connectivity index (χ2v) is 5.79. The largest absolute Gasteiger partial charge is 0.459 e. The van der Waals surface area contributed by atoms with E-state index in [1.807, 2.05) is 27.7 Å². The van der Waals surface area contributed by atoms with E-state index in [1.54, 1.807) is 0 Å². The van der Waals surface area contributed by atoms with Gasteiger partial charge in [-0.3, -0.25) is 9.69 Å². The number of carbonyl (C=O) groups excluding carboxylic acids is 1. The van der Waals surface area contributed by atoms with Crippen LogP contribution >= 0.6 is 0 Å². The van der Waals surface area contributed by atoms with E-state index in [1.165, 1.54) is 19.3 Å². The standard InChI is InChI=1S/C13H25NO2/c1-10-8-6-7-9-14(10)11(2)12(15)16-13(3,4)5/h10-11H,6-9H2,1-5H3. The van der Waals surface area contributed by atoms with Crippen molar-refractivity contribution in [2.45, 2.75) is 71.6 Å². The van der Waals surface area contributed by atoms with E-state index in [-0.39, 0.29) is 17.6 Å². The number of piperidine rings is 1. The van der Waals surface area contributed by atoms with Crippen LogP contribution in [0.5, 0.6) is 0 Å². The Hall–Kier alpha value is -0.570. The molecule has 0 spiro atoms. The zero-order valence-corrected chi connectivity index (χ0v) is 11.2. The number of ether oxygens (including phenoxy) is 1. The fourth-order valence-electron chi connectivity index (χ4n) is 2.22. The molecule has 2 unspecified atom stereocenters. The number of rotatable bonds is 2. The summed E-state index contributed by atoms with van der Waals surface area (Å²) in [6.45, 7) is 10.9. The molecule has 0 aliphatic carbocycles. The second kappa shape index (κ2) is 5.17. The minimum Gasteiger partial charge on any atom is -0.459 e. The van der Waals surface area contributed by atoms with Crippen molar-refractivity contribution in [1.82, 2.24) is 4.90 Å². The predicted molar refractivity (Wildman–Crippen MR) is 65.3 cm³/mol. The lowest BCUT2D eigenvalue weighted by atomic mass is 10.0. The van der Waals surface area contributed by atoms with Gasteiger partial charge in [0.05, 0.1) is 0 Å². The lowest BCUT2D eigenvalue weighted by Gasteiger charge is -2.37. The maximum absolute atomic E-state index is 11.9. The molecule has 3 nitrogen and oxygen atoms in total. The van der Waals surface area contributed by atoms with Gasteiger partial charge in [-0.15, -0.1) is 0 Å². The van der Waals surface area contributed by atoms with Crippen LogP contribution in [-0.2, 0) is 9.53 Å². The summed E-state index contributed by atoms with van der Waals surface area (Å²) in [4.78, 5) is 14.2. The van der Waals surface area contributed by atoms with E-state index in [0.29, 0.717) is 6.04 Å². The molecule has 1 fully saturated rings. The molecular weight excluding hydrogens is 202 g/mol. The summed E-state index contributed by atoms with van der Waals surface area (Å²) < 4.78 is 5.42. The minimum absolute atomic E-state index is 0.0961. The number of hydrogen-bond acceptors (Lipinski definition) is 3. The molecule has 0 aromatic carbocycles. The van der Waals surface area contributed by atoms with Crippen LogP contribution in [0.2, 0.25) is 0 Å². The Morgan fingerprint density at radius 3 is 2.50 bits per heavy atom. The van der Waals surface area contributed by atoms with E-state index in [2.05, 4.69) is 11.8 Å². The Balaban J connectivity index is 2.55. The van der Waals surface area contributed by atoms with Gasteiger partial charge < -0.3 is 4.74 Å². The molecule has 3 heteroatoms. The zero-order valence-electron chi connectivity index (χ0n) is 11.2. The average molecular weight is 227 g/mol. The van der Waals surface area contributed by atoms with Gasteiger partial charge in [-0.1, -0.05) is 6.42 Å². The number of carbonyl (C=O) groups is 1. The van der Waals surface area contributed by atoms with Gasteiger partial charge in [0.1, 0.15) is 11.6 Å². The summed E-state index contributed by atoms with van der Waals surface area (Å²) in [5.41, 5.74) is -0.385. The van der Waals surface area contributed by atoms with Gasteiger partial charge in [-0.05, 0) is 54.0 Å². The summed E-state index contributed by atoms with van der Waals surface area (Å²) >= 11 is 0. The van der Waals surface area contributed by atoms with Gasteiger partial charge in [0.2, 0.25) is 0 Å². The highest BCUT2D eigenvalue weighted by molar-refractivity contribution is 5.75. The van der Waals surface area contributed by atoms with E-state index in [9.17, 15) is 4.79 Å². The van der Waals surface area contributed by atoms with Crippen LogP contribution in [0.15, 0.2) is 0 Å². The Bertz CT molecular complexity index is 245. The molecule has 0 amide bonds. The van der Waals surface area contributed by atoms with Crippen LogP contribution in [0, 0.1) is 0 Å². The van der Waals surface area contributed by atoms with E-state index < -0.39 is 0 Å². The van der Waals surface area contributed by atoms with Gasteiger partial charge in [-0.25, -0.2) is 0 Å². The van der Waals surface area contributed by atoms with Crippen molar-refractivity contribution in [3.05, 3.63) is 0 Å². The van der Waals surface area contributed by atoms with Crippen molar-refractivity contribution in [1.29, 1.82) is 0 Å². The summed E-state index contributed by atoms with van der Waals surface area (Å²) in [7, 11) is 0. The van der Waals surface area contributed by atoms with Crippen LogP contribution in [0.4, 0.5) is 0 Å². The third-order valence-electron chi connectivity index (χ3n) is 3.10. The Kier molecular flexibility index (Phi) is 4.36. The normalized spacial score (nSPS) is 25.2. The topological polar surface area (TPSA) is 29.5 Å². The SMILES string of the molecule is CC1CCCCN1C(C)C(=O)OC(C)(C)C. The molecule has 2 atom stereocenters. The molecule has 1 aliphatic rings. The average Bonchev–Trinajstić information content (AvgIpc) is 2.15. The molecule has 1 aliphatic heterocycles. The van der Waals surface area contributed by atoms with Crippen molar-refractivity contribution >= 4 is 5.97 Å². The fourth-order valence-corrected chi connectivity index (χ4v) is 2.22. The molecule has 0 N–H and O–H groups in total. The van der Waals surface area contributed by atoms with Crippen LogP contribution in [-0.4, -0.2) is 35.1 Å². The number of esters is 1. The third kappa shape index (κ3) is 3.78. The third-order valence-corrected chi connectivity index (χ3v) is 3.10. The lowest BCUT2D eigenvalue weighted by Crippen LogP contribution is -2.48. The van der Waals surface area contributed by atoms with Crippen molar-refractivity contribution in [2.75, 3.05) is 6.54 Å². The summed E-state index contributed by atoms with van der Waals surface area (Å²) in [6, 6.07) is 0.380. The molecule has 0 saturated carbocycles. The highest BCUT2D eigenvalue weighted by Gasteiger charge is 2.30. The Labute approximate surface area is 99.1 Å². The number of likely N-dealkylation sites (tertiary alicyclic amines) is 1. The zero-order chi connectivity index (χ0) is 12.3. The highest BCUT2D eigenvalue weighted by atomic mass is 16.6. The van der Waals surface area contributed by atoms with Crippen molar-refractivity contribution in [3.8, 4) is 0 Å². The van der Waals surface area contributed by atoms with Gasteiger partial charge >= 0.3 is 5.97 Å². The first kappa shape index (κ1) is 13.5. The molecule has 0 aromatic rings. The maximum atomic E-state index is 11.9. The molecule has 16 heavy (non-hydrogen) atoms. The maximum Gasteiger partial charge on any atom is 0.323 e. The van der Waals surface area contributed by atoms with E-state index in [0.717, 1.165) is 6.54 Å². The van der Waals surface area contributed by atoms with Crippen LogP contribution in [0.3, 0.4) is 0 Å². The molecule has 0 radical (unpaired) electrons. The first-order valence-corrected chi connectivity index (χ1v) is 6.30. The minimum atomic E-state index is -0.385. The van der Waals surface area contributed by atoms with Crippen LogP contribution in [0.25, 0.3) is 0 Å². The molecule has 0 aromatic heterocycles. The quantitative estimate of drug-likeness (QED) is 0.679. The number of hydrogen-bond donors (Lipinski definition) is 0. The monoisotopic (exact) mass is 227 g/mol. The first-order valence-electron chi connectivity index (χ1n) is 6.30. The van der Waals surface area contributed by atoms with Gasteiger partial charge in [0.25, 0.3) is 0 Å². The molecule has 1 heterocycles. The predicted octanol–water partition coefficient (Wildman–Crippen LogP) is 2.59. The highest BCUT2D eigenvalue weighted by Crippen LogP contribution is 2.20. The van der Waals surface area contributed by atoms with Gasteiger partial charge in [-0.2, -0.15) is 0 Å². The summed E-state index contributed by atoms with van der Waals surface area (Å²) in [5.74, 6) is -0.0961. The molecule has 94 valence electrons.